The minimum atomic E-state index is -0.412. The Kier molecular flexibility index (Phi) is 5.24. The standard InChI is InChI=1S/C18H20N4O3S/c1-11-7-5-6-8-12(11)14-19-15-13(16(20-14)26-10-9-25-4)17(23)22(3)18(24)21(15)2/h5-8H,9-10H2,1-4H3. The van der Waals surface area contributed by atoms with E-state index in [0.29, 0.717) is 34.2 Å². The Morgan fingerprint density at radius 2 is 1.85 bits per heavy atom. The van der Waals surface area contributed by atoms with E-state index in [2.05, 4.69) is 9.97 Å². The maximum Gasteiger partial charge on any atom is 0.332 e. The molecule has 1 aromatic carbocycles. The van der Waals surface area contributed by atoms with Gasteiger partial charge in [-0.25, -0.2) is 14.8 Å². The molecule has 0 bridgehead atoms. The second-order valence-corrected chi connectivity index (χ2v) is 7.00. The van der Waals surface area contributed by atoms with E-state index in [0.717, 1.165) is 15.7 Å². The van der Waals surface area contributed by atoms with E-state index in [9.17, 15) is 9.59 Å². The van der Waals surface area contributed by atoms with E-state index in [4.69, 9.17) is 4.74 Å². The molecule has 2 heterocycles. The number of benzene rings is 1. The first-order valence-corrected chi connectivity index (χ1v) is 9.09. The molecule has 0 unspecified atom stereocenters. The van der Waals surface area contributed by atoms with Gasteiger partial charge in [-0.05, 0) is 12.5 Å². The quantitative estimate of drug-likeness (QED) is 0.386. The molecule has 8 heteroatoms. The molecule has 26 heavy (non-hydrogen) atoms. The van der Waals surface area contributed by atoms with Crippen LogP contribution in [0.25, 0.3) is 22.4 Å². The number of fused-ring (bicyclic) bond motifs is 1. The third-order valence-corrected chi connectivity index (χ3v) is 5.12. The SMILES string of the molecule is COCCSc1nc(-c2ccccc2C)nc2c1c(=O)n(C)c(=O)n2C. The number of aryl methyl sites for hydroxylation is 2. The molecule has 0 aliphatic carbocycles. The van der Waals surface area contributed by atoms with E-state index < -0.39 is 5.69 Å². The predicted molar refractivity (Wildman–Crippen MR) is 103 cm³/mol. The van der Waals surface area contributed by atoms with Crippen LogP contribution in [0.3, 0.4) is 0 Å². The summed E-state index contributed by atoms with van der Waals surface area (Å²) in [4.78, 5) is 34.2. The summed E-state index contributed by atoms with van der Waals surface area (Å²) in [5.74, 6) is 1.14. The van der Waals surface area contributed by atoms with Gasteiger partial charge in [0.1, 0.15) is 10.4 Å². The zero-order valence-corrected chi connectivity index (χ0v) is 16.0. The fourth-order valence-corrected chi connectivity index (χ4v) is 3.62. The molecule has 0 amide bonds. The molecule has 136 valence electrons. The van der Waals surface area contributed by atoms with Crippen LogP contribution in [-0.4, -0.2) is 38.6 Å². The highest BCUT2D eigenvalue weighted by atomic mass is 32.2. The number of nitrogens with zero attached hydrogens (tertiary/aromatic N) is 4. The Balaban J connectivity index is 2.35. The van der Waals surface area contributed by atoms with Gasteiger partial charge < -0.3 is 4.74 Å². The van der Waals surface area contributed by atoms with Gasteiger partial charge in [-0.3, -0.25) is 13.9 Å². The zero-order chi connectivity index (χ0) is 18.8. The van der Waals surface area contributed by atoms with Crippen molar-refractivity contribution >= 4 is 22.8 Å². The van der Waals surface area contributed by atoms with Crippen molar-refractivity contribution in [3.63, 3.8) is 0 Å². The minimum Gasteiger partial charge on any atom is -0.384 e. The van der Waals surface area contributed by atoms with Crippen LogP contribution < -0.4 is 11.2 Å². The van der Waals surface area contributed by atoms with E-state index in [1.165, 1.54) is 23.4 Å². The number of thioether (sulfide) groups is 1. The molecular formula is C18H20N4O3S. The maximum atomic E-state index is 12.7. The van der Waals surface area contributed by atoms with Crippen LogP contribution in [0.2, 0.25) is 0 Å². The smallest absolute Gasteiger partial charge is 0.332 e. The summed E-state index contributed by atoms with van der Waals surface area (Å²) < 4.78 is 7.58. The van der Waals surface area contributed by atoms with Gasteiger partial charge in [-0.1, -0.05) is 24.3 Å². The molecular weight excluding hydrogens is 352 g/mol. The monoisotopic (exact) mass is 372 g/mol. The molecule has 0 fully saturated rings. The zero-order valence-electron chi connectivity index (χ0n) is 15.1. The second-order valence-electron chi connectivity index (χ2n) is 5.91. The molecule has 0 N–H and O–H groups in total. The summed E-state index contributed by atoms with van der Waals surface area (Å²) in [6.07, 6.45) is 0. The molecule has 0 saturated carbocycles. The number of hydrogen-bond acceptors (Lipinski definition) is 6. The van der Waals surface area contributed by atoms with Crippen molar-refractivity contribution in [1.82, 2.24) is 19.1 Å². The average Bonchev–Trinajstić information content (AvgIpc) is 2.64. The summed E-state index contributed by atoms with van der Waals surface area (Å²) in [5.41, 5.74) is 1.43. The van der Waals surface area contributed by atoms with Crippen LogP contribution in [0, 0.1) is 6.92 Å². The Labute approximate surface area is 154 Å². The molecule has 7 nitrogen and oxygen atoms in total. The normalized spacial score (nSPS) is 11.2. The van der Waals surface area contributed by atoms with Crippen LogP contribution in [0.4, 0.5) is 0 Å². The highest BCUT2D eigenvalue weighted by Gasteiger charge is 2.18. The molecule has 2 aromatic heterocycles. The van der Waals surface area contributed by atoms with Gasteiger partial charge in [0.05, 0.1) is 6.61 Å². The third-order valence-electron chi connectivity index (χ3n) is 4.18. The second kappa shape index (κ2) is 7.43. The molecule has 3 rings (SSSR count). The molecule has 0 aliphatic heterocycles. The van der Waals surface area contributed by atoms with Gasteiger partial charge in [-0.2, -0.15) is 0 Å². The summed E-state index contributed by atoms with van der Waals surface area (Å²) in [5, 5.41) is 0.912. The van der Waals surface area contributed by atoms with Gasteiger partial charge in [-0.15, -0.1) is 11.8 Å². The molecule has 0 radical (unpaired) electrons. The lowest BCUT2D eigenvalue weighted by atomic mass is 10.1. The first kappa shape index (κ1) is 18.3. The fraction of sp³-hybridized carbons (Fsp3) is 0.333. The summed E-state index contributed by atoms with van der Waals surface area (Å²) >= 11 is 1.42. The van der Waals surface area contributed by atoms with Gasteiger partial charge in [0, 0.05) is 32.5 Å². The minimum absolute atomic E-state index is 0.339. The van der Waals surface area contributed by atoms with Crippen LogP contribution in [0.5, 0.6) is 0 Å². The number of rotatable bonds is 5. The van der Waals surface area contributed by atoms with Crippen molar-refractivity contribution in [3.8, 4) is 11.4 Å². The van der Waals surface area contributed by atoms with E-state index in [-0.39, 0.29) is 5.56 Å². The average molecular weight is 372 g/mol. The molecule has 3 aromatic rings. The number of hydrogen-bond donors (Lipinski definition) is 0. The van der Waals surface area contributed by atoms with Crippen LogP contribution in [0.1, 0.15) is 5.56 Å². The van der Waals surface area contributed by atoms with Gasteiger partial charge in [0.2, 0.25) is 0 Å². The summed E-state index contributed by atoms with van der Waals surface area (Å²) in [7, 11) is 4.70. The molecule has 0 aliphatic rings. The molecule has 0 atom stereocenters. The van der Waals surface area contributed by atoms with Gasteiger partial charge >= 0.3 is 5.69 Å². The molecule has 0 saturated heterocycles. The van der Waals surface area contributed by atoms with Gasteiger partial charge in [0.15, 0.2) is 11.5 Å². The van der Waals surface area contributed by atoms with Gasteiger partial charge in [0.25, 0.3) is 5.56 Å². The van der Waals surface area contributed by atoms with Crippen molar-refractivity contribution in [3.05, 3.63) is 50.7 Å². The highest BCUT2D eigenvalue weighted by Crippen LogP contribution is 2.27. The Morgan fingerprint density at radius 1 is 1.12 bits per heavy atom. The Hall–Kier alpha value is -2.45. The highest BCUT2D eigenvalue weighted by molar-refractivity contribution is 7.99. The van der Waals surface area contributed by atoms with Crippen molar-refractivity contribution < 1.29 is 4.74 Å². The third kappa shape index (κ3) is 3.17. The lowest BCUT2D eigenvalue weighted by molar-refractivity contribution is 0.218. The Bertz CT molecular complexity index is 1090. The van der Waals surface area contributed by atoms with E-state index in [1.807, 2.05) is 31.2 Å². The number of aromatic nitrogens is 4. The maximum absolute atomic E-state index is 12.7. The predicted octanol–water partition coefficient (Wildman–Crippen LogP) is 1.74. The lowest BCUT2D eigenvalue weighted by Crippen LogP contribution is -2.37. The van der Waals surface area contributed by atoms with E-state index in [1.54, 1.807) is 14.2 Å². The fourth-order valence-electron chi connectivity index (χ4n) is 2.70. The number of methoxy groups -OCH3 is 1. The summed E-state index contributed by atoms with van der Waals surface area (Å²) in [6.45, 7) is 2.51. The first-order chi connectivity index (χ1) is 12.5. The summed E-state index contributed by atoms with van der Waals surface area (Å²) in [6, 6.07) is 7.76. The van der Waals surface area contributed by atoms with Crippen molar-refractivity contribution in [2.45, 2.75) is 11.9 Å². The van der Waals surface area contributed by atoms with Crippen LogP contribution in [0.15, 0.2) is 38.9 Å². The molecule has 0 spiro atoms. The topological polar surface area (TPSA) is 79.0 Å². The van der Waals surface area contributed by atoms with Crippen LogP contribution in [-0.2, 0) is 18.8 Å². The van der Waals surface area contributed by atoms with E-state index >= 15 is 0 Å². The Morgan fingerprint density at radius 3 is 2.54 bits per heavy atom. The van der Waals surface area contributed by atoms with Crippen molar-refractivity contribution in [2.75, 3.05) is 19.5 Å². The lowest BCUT2D eigenvalue weighted by Gasteiger charge is -2.12. The largest absolute Gasteiger partial charge is 0.384 e. The first-order valence-electron chi connectivity index (χ1n) is 8.11. The van der Waals surface area contributed by atoms with Crippen LogP contribution >= 0.6 is 11.8 Å². The van der Waals surface area contributed by atoms with Crippen molar-refractivity contribution in [2.24, 2.45) is 14.1 Å². The number of ether oxygens (including phenoxy) is 1. The van der Waals surface area contributed by atoms with Crippen molar-refractivity contribution in [1.29, 1.82) is 0 Å².